The minimum absolute atomic E-state index is 0.0160. The molecule has 1 heterocycles. The molecule has 0 bridgehead atoms. The summed E-state index contributed by atoms with van der Waals surface area (Å²) in [5, 5.41) is 0. The van der Waals surface area contributed by atoms with Crippen LogP contribution in [0.2, 0.25) is 0 Å². The largest absolute Gasteiger partial charge is 0.497 e. The molecule has 1 saturated carbocycles. The highest BCUT2D eigenvalue weighted by Crippen LogP contribution is 2.28. The summed E-state index contributed by atoms with van der Waals surface area (Å²) in [6, 6.07) is 16.6. The van der Waals surface area contributed by atoms with E-state index in [1.54, 1.807) is 61.7 Å². The van der Waals surface area contributed by atoms with Crippen molar-refractivity contribution in [1.82, 2.24) is 9.80 Å². The van der Waals surface area contributed by atoms with E-state index in [1.165, 1.54) is 0 Å². The number of hydrogen-bond donors (Lipinski definition) is 0. The first kappa shape index (κ1) is 28.1. The van der Waals surface area contributed by atoms with E-state index in [4.69, 9.17) is 18.6 Å². The van der Waals surface area contributed by atoms with Gasteiger partial charge in [-0.2, -0.15) is 0 Å². The van der Waals surface area contributed by atoms with E-state index >= 15 is 0 Å². The zero-order valence-corrected chi connectivity index (χ0v) is 23.1. The number of furan rings is 1. The lowest BCUT2D eigenvalue weighted by molar-refractivity contribution is -0.133. The summed E-state index contributed by atoms with van der Waals surface area (Å²) in [5.74, 6) is 2.44. The maximum absolute atomic E-state index is 13.8. The summed E-state index contributed by atoms with van der Waals surface area (Å²) in [5.41, 5.74) is 1.57. The molecule has 4 rings (SSSR count). The van der Waals surface area contributed by atoms with Gasteiger partial charge < -0.3 is 28.4 Å². The highest BCUT2D eigenvalue weighted by molar-refractivity contribution is 5.96. The minimum atomic E-state index is -0.129. The Morgan fingerprint density at radius 2 is 1.64 bits per heavy atom. The van der Waals surface area contributed by atoms with Crippen LogP contribution in [0.1, 0.15) is 53.8 Å². The van der Waals surface area contributed by atoms with Gasteiger partial charge >= 0.3 is 0 Å². The van der Waals surface area contributed by atoms with Crippen molar-refractivity contribution in [2.24, 2.45) is 0 Å². The molecule has 39 heavy (non-hydrogen) atoms. The Labute approximate surface area is 230 Å². The molecule has 2 aromatic carbocycles. The zero-order valence-electron chi connectivity index (χ0n) is 23.1. The normalized spacial score (nSPS) is 13.5. The molecule has 0 aliphatic heterocycles. The minimum Gasteiger partial charge on any atom is -0.497 e. The highest BCUT2D eigenvalue weighted by Gasteiger charge is 2.30. The number of carbonyl (C=O) groups excluding carboxylic acids is 2. The number of ether oxygens (including phenoxy) is 3. The van der Waals surface area contributed by atoms with Crippen LogP contribution in [0, 0.1) is 0 Å². The van der Waals surface area contributed by atoms with Gasteiger partial charge in [-0.25, -0.2) is 0 Å². The third-order valence-corrected chi connectivity index (χ3v) is 7.32. The van der Waals surface area contributed by atoms with Crippen molar-refractivity contribution >= 4 is 11.8 Å². The molecule has 1 fully saturated rings. The van der Waals surface area contributed by atoms with Gasteiger partial charge in [0.15, 0.2) is 11.5 Å². The van der Waals surface area contributed by atoms with Gasteiger partial charge in [-0.05, 0) is 73.4 Å². The van der Waals surface area contributed by atoms with Crippen molar-refractivity contribution in [1.29, 1.82) is 0 Å². The molecule has 1 aliphatic rings. The molecule has 1 aliphatic carbocycles. The highest BCUT2D eigenvalue weighted by atomic mass is 16.5. The summed E-state index contributed by atoms with van der Waals surface area (Å²) in [6.07, 6.45) is 7.29. The third-order valence-electron chi connectivity index (χ3n) is 7.32. The van der Waals surface area contributed by atoms with Gasteiger partial charge in [0.25, 0.3) is 5.91 Å². The van der Waals surface area contributed by atoms with Crippen LogP contribution in [0.25, 0.3) is 0 Å². The summed E-state index contributed by atoms with van der Waals surface area (Å²) in [4.78, 5) is 31.1. The van der Waals surface area contributed by atoms with Gasteiger partial charge in [-0.15, -0.1) is 0 Å². The summed E-state index contributed by atoms with van der Waals surface area (Å²) in [7, 11) is 4.81. The quantitative estimate of drug-likeness (QED) is 0.312. The average molecular weight is 535 g/mol. The number of rotatable bonds is 12. The van der Waals surface area contributed by atoms with Crippen molar-refractivity contribution in [3.8, 4) is 17.2 Å². The van der Waals surface area contributed by atoms with Crippen molar-refractivity contribution in [2.45, 2.75) is 51.1 Å². The molecule has 8 nitrogen and oxygen atoms in total. The molecule has 0 spiro atoms. The predicted molar refractivity (Wildman–Crippen MR) is 148 cm³/mol. The lowest BCUT2D eigenvalue weighted by Gasteiger charge is -2.35. The fraction of sp³-hybridized carbons (Fsp3) is 0.419. The Kier molecular flexibility index (Phi) is 9.89. The van der Waals surface area contributed by atoms with Crippen LogP contribution in [0.4, 0.5) is 0 Å². The van der Waals surface area contributed by atoms with Crippen molar-refractivity contribution in [3.05, 3.63) is 77.7 Å². The molecule has 0 saturated heterocycles. The molecule has 8 heteroatoms. The summed E-state index contributed by atoms with van der Waals surface area (Å²) >= 11 is 0. The monoisotopic (exact) mass is 534 g/mol. The molecule has 2 amide bonds. The standard InChI is InChI=1S/C31H38N2O6/c1-36-26-14-12-24(13-15-26)31(35)33(25-8-5-4-6-9-25)22-30(34)32(21-27-10-7-19-39-27)18-17-23-11-16-28(37-2)29(20-23)38-3/h7,10-16,19-20,25H,4-6,8-9,17-18,21-22H2,1-3H3. The molecule has 0 N–H and O–H groups in total. The number of methoxy groups -OCH3 is 3. The van der Waals surface area contributed by atoms with E-state index in [0.29, 0.717) is 48.1 Å². The Hall–Kier alpha value is -3.94. The van der Waals surface area contributed by atoms with Crippen LogP contribution in [-0.2, 0) is 17.8 Å². The average Bonchev–Trinajstić information content (AvgIpc) is 3.51. The number of benzene rings is 2. The van der Waals surface area contributed by atoms with Crippen LogP contribution in [-0.4, -0.2) is 62.1 Å². The third kappa shape index (κ3) is 7.34. The lowest BCUT2D eigenvalue weighted by atomic mass is 9.93. The van der Waals surface area contributed by atoms with E-state index in [1.807, 2.05) is 30.3 Å². The topological polar surface area (TPSA) is 81.5 Å². The first-order chi connectivity index (χ1) is 19.0. The van der Waals surface area contributed by atoms with E-state index in [0.717, 1.165) is 37.7 Å². The van der Waals surface area contributed by atoms with Gasteiger partial charge in [0.1, 0.15) is 18.1 Å². The Balaban J connectivity index is 1.53. The molecule has 208 valence electrons. The number of carbonyl (C=O) groups is 2. The molecule has 0 unspecified atom stereocenters. The van der Waals surface area contributed by atoms with Gasteiger partial charge in [0.2, 0.25) is 5.91 Å². The second kappa shape index (κ2) is 13.7. The number of hydrogen-bond acceptors (Lipinski definition) is 6. The molecule has 3 aromatic rings. The molecular formula is C31H38N2O6. The predicted octanol–water partition coefficient (Wildman–Crippen LogP) is 5.35. The van der Waals surface area contributed by atoms with Crippen LogP contribution < -0.4 is 14.2 Å². The molecular weight excluding hydrogens is 496 g/mol. The van der Waals surface area contributed by atoms with Crippen molar-refractivity contribution in [2.75, 3.05) is 34.4 Å². The van der Waals surface area contributed by atoms with Crippen LogP contribution in [0.15, 0.2) is 65.3 Å². The Bertz CT molecular complexity index is 1200. The lowest BCUT2D eigenvalue weighted by Crippen LogP contribution is -2.48. The van der Waals surface area contributed by atoms with E-state index < -0.39 is 0 Å². The molecule has 0 atom stereocenters. The van der Waals surface area contributed by atoms with E-state index in [-0.39, 0.29) is 24.4 Å². The van der Waals surface area contributed by atoms with Crippen LogP contribution in [0.3, 0.4) is 0 Å². The second-order valence-electron chi connectivity index (χ2n) is 9.79. The maximum atomic E-state index is 13.8. The van der Waals surface area contributed by atoms with E-state index in [2.05, 4.69) is 0 Å². The SMILES string of the molecule is COc1ccc(C(=O)N(CC(=O)N(CCc2ccc(OC)c(OC)c2)Cc2ccco2)C2CCCCC2)cc1. The number of nitrogens with zero attached hydrogens (tertiary/aromatic N) is 2. The smallest absolute Gasteiger partial charge is 0.254 e. The second-order valence-corrected chi connectivity index (χ2v) is 9.79. The van der Waals surface area contributed by atoms with Crippen molar-refractivity contribution in [3.63, 3.8) is 0 Å². The first-order valence-corrected chi connectivity index (χ1v) is 13.5. The van der Waals surface area contributed by atoms with Gasteiger partial charge in [-0.3, -0.25) is 9.59 Å². The maximum Gasteiger partial charge on any atom is 0.254 e. The molecule has 0 radical (unpaired) electrons. The van der Waals surface area contributed by atoms with Crippen LogP contribution in [0.5, 0.6) is 17.2 Å². The zero-order chi connectivity index (χ0) is 27.6. The fourth-order valence-corrected chi connectivity index (χ4v) is 5.09. The van der Waals surface area contributed by atoms with Crippen molar-refractivity contribution < 1.29 is 28.2 Å². The Morgan fingerprint density at radius 1 is 0.897 bits per heavy atom. The Morgan fingerprint density at radius 3 is 2.28 bits per heavy atom. The van der Waals surface area contributed by atoms with Gasteiger partial charge in [0, 0.05) is 18.2 Å². The number of amides is 2. The first-order valence-electron chi connectivity index (χ1n) is 13.5. The fourth-order valence-electron chi connectivity index (χ4n) is 5.09. The summed E-state index contributed by atoms with van der Waals surface area (Å²) in [6.45, 7) is 0.806. The van der Waals surface area contributed by atoms with Gasteiger partial charge in [0.05, 0.1) is 34.1 Å². The molecule has 1 aromatic heterocycles. The van der Waals surface area contributed by atoms with Crippen LogP contribution >= 0.6 is 0 Å². The summed E-state index contributed by atoms with van der Waals surface area (Å²) < 4.78 is 21.6. The van der Waals surface area contributed by atoms with E-state index in [9.17, 15) is 9.59 Å². The van der Waals surface area contributed by atoms with Gasteiger partial charge in [-0.1, -0.05) is 25.3 Å².